The van der Waals surface area contributed by atoms with Gasteiger partial charge in [0.05, 0.1) is 11.2 Å². The molecule has 3 nitrogen and oxygen atoms in total. The van der Waals surface area contributed by atoms with Gasteiger partial charge in [-0.3, -0.25) is 4.90 Å². The van der Waals surface area contributed by atoms with Crippen LogP contribution in [-0.2, 0) is 6.54 Å². The Hall–Kier alpha value is -0.450. The Morgan fingerprint density at radius 1 is 1.53 bits per heavy atom. The molecule has 0 aromatic carbocycles. The predicted molar refractivity (Wildman–Crippen MR) is 82.6 cm³/mol. The fourth-order valence-electron chi connectivity index (χ4n) is 2.91. The van der Waals surface area contributed by atoms with Gasteiger partial charge in [-0.1, -0.05) is 20.8 Å². The van der Waals surface area contributed by atoms with Crippen molar-refractivity contribution in [3.05, 3.63) is 16.1 Å². The molecule has 1 saturated heterocycles. The molecule has 1 aromatic heterocycles. The molecule has 0 saturated carbocycles. The van der Waals surface area contributed by atoms with Crippen molar-refractivity contribution in [1.82, 2.24) is 15.2 Å². The molecular formula is C15H27N3S. The van der Waals surface area contributed by atoms with Gasteiger partial charge in [-0.25, -0.2) is 4.98 Å². The molecule has 2 unspecified atom stereocenters. The monoisotopic (exact) mass is 281 g/mol. The van der Waals surface area contributed by atoms with Gasteiger partial charge in [0.1, 0.15) is 0 Å². The zero-order chi connectivity index (χ0) is 13.8. The molecule has 1 aliphatic rings. The normalized spacial score (nSPS) is 25.1. The Kier molecular flexibility index (Phi) is 5.37. The maximum Gasteiger partial charge on any atom is 0.0798 e. The Balaban J connectivity index is 1.99. The van der Waals surface area contributed by atoms with Gasteiger partial charge in [0.25, 0.3) is 0 Å². The van der Waals surface area contributed by atoms with Crippen LogP contribution in [0.4, 0.5) is 0 Å². The van der Waals surface area contributed by atoms with Crippen LogP contribution in [0.25, 0.3) is 0 Å². The van der Waals surface area contributed by atoms with Crippen LogP contribution in [0.2, 0.25) is 0 Å². The summed E-state index contributed by atoms with van der Waals surface area (Å²) in [6, 6.07) is 1.32. The number of aromatic nitrogens is 1. The largest absolute Gasteiger partial charge is 0.311 e. The Morgan fingerprint density at radius 3 is 2.89 bits per heavy atom. The van der Waals surface area contributed by atoms with E-state index in [9.17, 15) is 0 Å². The van der Waals surface area contributed by atoms with Gasteiger partial charge in [-0.05, 0) is 25.7 Å². The van der Waals surface area contributed by atoms with Gasteiger partial charge >= 0.3 is 0 Å². The number of nitrogens with one attached hydrogen (secondary N) is 1. The third-order valence-corrected chi connectivity index (χ3v) is 4.95. The molecule has 0 bridgehead atoms. The van der Waals surface area contributed by atoms with Gasteiger partial charge in [0.2, 0.25) is 0 Å². The Morgan fingerprint density at radius 2 is 2.32 bits per heavy atom. The Labute approximate surface area is 121 Å². The van der Waals surface area contributed by atoms with E-state index < -0.39 is 0 Å². The molecule has 1 fully saturated rings. The third kappa shape index (κ3) is 4.01. The van der Waals surface area contributed by atoms with Gasteiger partial charge in [0.15, 0.2) is 0 Å². The van der Waals surface area contributed by atoms with Crippen LogP contribution in [0.15, 0.2) is 5.51 Å². The first-order valence-electron chi connectivity index (χ1n) is 7.46. The van der Waals surface area contributed by atoms with Crippen LogP contribution in [0.5, 0.6) is 0 Å². The summed E-state index contributed by atoms with van der Waals surface area (Å²) in [7, 11) is 0. The van der Waals surface area contributed by atoms with Crippen LogP contribution in [0.1, 0.15) is 44.2 Å². The first-order chi connectivity index (χ1) is 9.10. The van der Waals surface area contributed by atoms with Crippen molar-refractivity contribution >= 4 is 11.3 Å². The standard InChI is InChI=1S/C15H27N3S/c1-5-14-7-16-13(6-11(2)3)8-18(14)9-15-12(4)17-10-19-15/h10-11,13-14,16H,5-9H2,1-4H3. The van der Waals surface area contributed by atoms with Crippen molar-refractivity contribution in [3.63, 3.8) is 0 Å². The zero-order valence-corrected chi connectivity index (χ0v) is 13.5. The lowest BCUT2D eigenvalue weighted by Crippen LogP contribution is -2.56. The van der Waals surface area contributed by atoms with E-state index in [1.165, 1.54) is 30.0 Å². The molecule has 2 atom stereocenters. The first kappa shape index (κ1) is 14.9. The smallest absolute Gasteiger partial charge is 0.0798 e. The van der Waals surface area contributed by atoms with Crippen LogP contribution < -0.4 is 5.32 Å². The van der Waals surface area contributed by atoms with Gasteiger partial charge in [0, 0.05) is 36.6 Å². The molecular weight excluding hydrogens is 254 g/mol. The summed E-state index contributed by atoms with van der Waals surface area (Å²) in [5.41, 5.74) is 3.18. The second-order valence-electron chi connectivity index (χ2n) is 6.09. The number of nitrogens with zero attached hydrogens (tertiary/aromatic N) is 2. The quantitative estimate of drug-likeness (QED) is 0.899. The molecule has 2 rings (SSSR count). The summed E-state index contributed by atoms with van der Waals surface area (Å²) in [6.45, 7) is 12.4. The van der Waals surface area contributed by atoms with Crippen molar-refractivity contribution < 1.29 is 0 Å². The number of hydrogen-bond acceptors (Lipinski definition) is 4. The van der Waals surface area contributed by atoms with E-state index in [1.54, 1.807) is 11.3 Å². The molecule has 1 N–H and O–H groups in total. The van der Waals surface area contributed by atoms with Crippen molar-refractivity contribution in [2.24, 2.45) is 5.92 Å². The molecule has 19 heavy (non-hydrogen) atoms. The summed E-state index contributed by atoms with van der Waals surface area (Å²) < 4.78 is 0. The van der Waals surface area contributed by atoms with E-state index >= 15 is 0 Å². The average molecular weight is 281 g/mol. The lowest BCUT2D eigenvalue weighted by molar-refractivity contribution is 0.112. The number of rotatable bonds is 5. The van der Waals surface area contributed by atoms with Gasteiger partial charge in [-0.15, -0.1) is 11.3 Å². The van der Waals surface area contributed by atoms with E-state index in [1.807, 2.05) is 5.51 Å². The highest BCUT2D eigenvalue weighted by Crippen LogP contribution is 2.21. The molecule has 1 aromatic rings. The first-order valence-corrected chi connectivity index (χ1v) is 8.34. The maximum atomic E-state index is 4.38. The van der Waals surface area contributed by atoms with Gasteiger partial charge < -0.3 is 5.32 Å². The fourth-order valence-corrected chi connectivity index (χ4v) is 3.72. The van der Waals surface area contributed by atoms with Crippen LogP contribution >= 0.6 is 11.3 Å². The summed E-state index contributed by atoms with van der Waals surface area (Å²) in [6.07, 6.45) is 2.49. The SMILES string of the molecule is CCC1CNC(CC(C)C)CN1Cc1scnc1C. The molecule has 108 valence electrons. The summed E-state index contributed by atoms with van der Waals surface area (Å²) in [5.74, 6) is 0.766. The van der Waals surface area contributed by atoms with Crippen molar-refractivity contribution in [2.45, 2.75) is 59.2 Å². The lowest BCUT2D eigenvalue weighted by atomic mass is 9.99. The maximum absolute atomic E-state index is 4.38. The van der Waals surface area contributed by atoms with Crippen LogP contribution in [-0.4, -0.2) is 35.1 Å². The minimum atomic E-state index is 0.649. The fraction of sp³-hybridized carbons (Fsp3) is 0.800. The number of hydrogen-bond donors (Lipinski definition) is 1. The predicted octanol–water partition coefficient (Wildman–Crippen LogP) is 3.05. The van der Waals surface area contributed by atoms with E-state index in [0.29, 0.717) is 12.1 Å². The average Bonchev–Trinajstić information content (AvgIpc) is 2.75. The zero-order valence-electron chi connectivity index (χ0n) is 12.6. The van der Waals surface area contributed by atoms with E-state index in [4.69, 9.17) is 0 Å². The van der Waals surface area contributed by atoms with E-state index in [-0.39, 0.29) is 0 Å². The van der Waals surface area contributed by atoms with E-state index in [2.05, 4.69) is 42.9 Å². The lowest BCUT2D eigenvalue weighted by Gasteiger charge is -2.40. The molecule has 0 aliphatic carbocycles. The van der Waals surface area contributed by atoms with Crippen molar-refractivity contribution in [2.75, 3.05) is 13.1 Å². The highest BCUT2D eigenvalue weighted by Gasteiger charge is 2.27. The van der Waals surface area contributed by atoms with Crippen molar-refractivity contribution in [3.8, 4) is 0 Å². The van der Waals surface area contributed by atoms with E-state index in [0.717, 1.165) is 19.0 Å². The molecule has 0 spiro atoms. The third-order valence-electron chi connectivity index (χ3n) is 4.03. The van der Waals surface area contributed by atoms with Crippen molar-refractivity contribution in [1.29, 1.82) is 0 Å². The van der Waals surface area contributed by atoms with Gasteiger partial charge in [-0.2, -0.15) is 0 Å². The summed E-state index contributed by atoms with van der Waals surface area (Å²) >= 11 is 1.80. The second kappa shape index (κ2) is 6.82. The van der Waals surface area contributed by atoms with Crippen LogP contribution in [0.3, 0.4) is 0 Å². The highest BCUT2D eigenvalue weighted by molar-refractivity contribution is 7.09. The second-order valence-corrected chi connectivity index (χ2v) is 7.03. The minimum absolute atomic E-state index is 0.649. The molecule has 1 aliphatic heterocycles. The topological polar surface area (TPSA) is 28.2 Å². The molecule has 0 amide bonds. The molecule has 0 radical (unpaired) electrons. The summed E-state index contributed by atoms with van der Waals surface area (Å²) in [5, 5.41) is 3.72. The number of aryl methyl sites for hydroxylation is 1. The summed E-state index contributed by atoms with van der Waals surface area (Å²) in [4.78, 5) is 8.47. The highest BCUT2D eigenvalue weighted by atomic mass is 32.1. The molecule has 2 heterocycles. The molecule has 4 heteroatoms. The Bertz CT molecular complexity index is 388. The number of thiazole rings is 1. The minimum Gasteiger partial charge on any atom is -0.311 e. The number of piperazine rings is 1. The van der Waals surface area contributed by atoms with Crippen LogP contribution in [0, 0.1) is 12.8 Å².